The minimum Gasteiger partial charge on any atom is -0.265 e. The molecular weight excluding hydrogens is 465 g/mol. The van der Waals surface area contributed by atoms with Crippen LogP contribution in [-0.4, -0.2) is 13.9 Å². The summed E-state index contributed by atoms with van der Waals surface area (Å²) >= 11 is 2.29. The summed E-state index contributed by atoms with van der Waals surface area (Å²) in [7, 11) is 1.63. The molecule has 0 spiro atoms. The molecule has 5 heteroatoms. The molecule has 0 N–H and O–H groups in total. The quantitative estimate of drug-likeness (QED) is 0.268. The van der Waals surface area contributed by atoms with Crippen LogP contribution in [0.15, 0.2) is 85.3 Å². The molecule has 0 aliphatic rings. The molecule has 2 aromatic carbocycles. The van der Waals surface area contributed by atoms with Crippen LogP contribution in [0.25, 0.3) is 44.2 Å². The molecule has 5 rings (SSSR count). The molecule has 0 fully saturated rings. The Hall–Kier alpha value is -2.38. The minimum absolute atomic E-state index is 0.987. The van der Waals surface area contributed by atoms with E-state index in [2.05, 4.69) is 95.9 Å². The molecule has 3 heterocycles. The van der Waals surface area contributed by atoms with E-state index in [-0.39, 0.29) is 0 Å². The number of benzene rings is 2. The zero-order valence-corrected chi connectivity index (χ0v) is 17.2. The molecule has 0 unspecified atom stereocenters. The standard InChI is InChI=1S/C22H14IN3S/c23-27-26-14-20(18-7-4-11-25-22(18)26)16-8-9-21-19(13-16)17(10-12-24-21)15-5-2-1-3-6-15/h1-14H. The molecule has 3 aromatic heterocycles. The molecule has 130 valence electrons. The third kappa shape index (κ3) is 2.91. The van der Waals surface area contributed by atoms with Crippen LogP contribution in [0, 0.1) is 0 Å². The molecule has 5 aromatic rings. The second-order valence-electron chi connectivity index (χ2n) is 6.27. The van der Waals surface area contributed by atoms with Crippen molar-refractivity contribution in [3.63, 3.8) is 0 Å². The molecule has 0 radical (unpaired) electrons. The molecule has 0 aliphatic carbocycles. The van der Waals surface area contributed by atoms with Crippen LogP contribution in [0.1, 0.15) is 0 Å². The van der Waals surface area contributed by atoms with Gasteiger partial charge in [0.1, 0.15) is 0 Å². The van der Waals surface area contributed by atoms with Crippen molar-refractivity contribution in [1.29, 1.82) is 0 Å². The molecular formula is C22H14IN3S. The van der Waals surface area contributed by atoms with Gasteiger partial charge >= 0.3 is 0 Å². The van der Waals surface area contributed by atoms with Gasteiger partial charge in [0.05, 0.1) is 5.52 Å². The van der Waals surface area contributed by atoms with E-state index in [4.69, 9.17) is 0 Å². The van der Waals surface area contributed by atoms with Gasteiger partial charge in [0.2, 0.25) is 0 Å². The zero-order chi connectivity index (χ0) is 18.2. The predicted molar refractivity (Wildman–Crippen MR) is 123 cm³/mol. The predicted octanol–water partition coefficient (Wildman–Crippen LogP) is 6.76. The number of hydrogen-bond donors (Lipinski definition) is 0. The number of pyridine rings is 2. The number of aromatic nitrogens is 3. The van der Waals surface area contributed by atoms with Crippen molar-refractivity contribution < 1.29 is 0 Å². The van der Waals surface area contributed by atoms with Crippen LogP contribution in [0.3, 0.4) is 0 Å². The molecule has 27 heavy (non-hydrogen) atoms. The lowest BCUT2D eigenvalue weighted by atomic mass is 9.97. The van der Waals surface area contributed by atoms with Crippen molar-refractivity contribution in [3.05, 3.63) is 85.3 Å². The lowest BCUT2D eigenvalue weighted by Gasteiger charge is -2.08. The summed E-state index contributed by atoms with van der Waals surface area (Å²) < 4.78 is 2.11. The highest BCUT2D eigenvalue weighted by Crippen LogP contribution is 2.36. The molecule has 0 bridgehead atoms. The van der Waals surface area contributed by atoms with E-state index in [0.29, 0.717) is 0 Å². The Morgan fingerprint density at radius 1 is 0.741 bits per heavy atom. The lowest BCUT2D eigenvalue weighted by Crippen LogP contribution is -1.86. The molecule has 0 atom stereocenters. The first kappa shape index (κ1) is 16.8. The van der Waals surface area contributed by atoms with E-state index in [1.165, 1.54) is 22.3 Å². The summed E-state index contributed by atoms with van der Waals surface area (Å²) in [6.07, 6.45) is 5.88. The molecule has 0 amide bonds. The lowest BCUT2D eigenvalue weighted by molar-refractivity contribution is 1.27. The summed E-state index contributed by atoms with van der Waals surface area (Å²) in [5.74, 6) is 0. The monoisotopic (exact) mass is 479 g/mol. The normalized spacial score (nSPS) is 11.3. The third-order valence-electron chi connectivity index (χ3n) is 4.74. The number of nitrogens with zero attached hydrogens (tertiary/aromatic N) is 3. The Balaban J connectivity index is 1.77. The van der Waals surface area contributed by atoms with Crippen molar-refractivity contribution in [2.45, 2.75) is 0 Å². The maximum atomic E-state index is 4.56. The van der Waals surface area contributed by atoms with Gasteiger partial charge in [0.25, 0.3) is 0 Å². The second kappa shape index (κ2) is 6.98. The van der Waals surface area contributed by atoms with Gasteiger partial charge in [-0.3, -0.25) is 8.96 Å². The van der Waals surface area contributed by atoms with Gasteiger partial charge in [-0.15, -0.1) is 0 Å². The highest BCUT2D eigenvalue weighted by molar-refractivity contribution is 14.2. The Morgan fingerprint density at radius 2 is 1.63 bits per heavy atom. The van der Waals surface area contributed by atoms with Crippen molar-refractivity contribution >= 4 is 52.3 Å². The fraction of sp³-hybridized carbons (Fsp3) is 0. The smallest absolute Gasteiger partial charge is 0.151 e. The minimum atomic E-state index is 0.987. The van der Waals surface area contributed by atoms with Crippen LogP contribution in [0.4, 0.5) is 0 Å². The van der Waals surface area contributed by atoms with Crippen molar-refractivity contribution in [3.8, 4) is 22.3 Å². The largest absolute Gasteiger partial charge is 0.265 e. The second-order valence-corrected chi connectivity index (χ2v) is 7.98. The van der Waals surface area contributed by atoms with E-state index in [0.717, 1.165) is 21.9 Å². The van der Waals surface area contributed by atoms with Gasteiger partial charge in [-0.25, -0.2) is 4.98 Å². The Morgan fingerprint density at radius 3 is 2.48 bits per heavy atom. The average molecular weight is 479 g/mol. The van der Waals surface area contributed by atoms with E-state index >= 15 is 0 Å². The summed E-state index contributed by atoms with van der Waals surface area (Å²) in [5.41, 5.74) is 6.76. The van der Waals surface area contributed by atoms with Crippen LogP contribution < -0.4 is 0 Å². The van der Waals surface area contributed by atoms with Crippen molar-refractivity contribution in [2.24, 2.45) is 0 Å². The molecule has 0 aliphatic heterocycles. The number of rotatable bonds is 3. The summed E-state index contributed by atoms with van der Waals surface area (Å²) in [6.45, 7) is 0. The fourth-order valence-corrected chi connectivity index (χ4v) is 4.75. The van der Waals surface area contributed by atoms with Gasteiger partial charge in [-0.1, -0.05) is 36.4 Å². The van der Waals surface area contributed by atoms with Gasteiger partial charge in [-0.05, 0) is 47.0 Å². The number of hydrogen-bond acceptors (Lipinski definition) is 3. The fourth-order valence-electron chi connectivity index (χ4n) is 3.50. The maximum Gasteiger partial charge on any atom is 0.151 e. The van der Waals surface area contributed by atoms with Crippen LogP contribution in [-0.2, 0) is 0 Å². The number of fused-ring (bicyclic) bond motifs is 2. The first-order chi connectivity index (χ1) is 13.3. The third-order valence-corrected chi connectivity index (χ3v) is 6.44. The van der Waals surface area contributed by atoms with Crippen molar-refractivity contribution in [1.82, 2.24) is 13.9 Å². The highest BCUT2D eigenvalue weighted by Gasteiger charge is 2.13. The van der Waals surface area contributed by atoms with E-state index in [1.807, 2.05) is 24.5 Å². The maximum absolute atomic E-state index is 4.56. The molecule has 3 nitrogen and oxygen atoms in total. The molecule has 0 saturated carbocycles. The van der Waals surface area contributed by atoms with Crippen molar-refractivity contribution in [2.75, 3.05) is 0 Å². The first-order valence-corrected chi connectivity index (χ1v) is 11.9. The first-order valence-electron chi connectivity index (χ1n) is 8.55. The van der Waals surface area contributed by atoms with Gasteiger partial charge < -0.3 is 0 Å². The van der Waals surface area contributed by atoms with E-state index in [1.54, 1.807) is 9.12 Å². The zero-order valence-electron chi connectivity index (χ0n) is 14.2. The van der Waals surface area contributed by atoms with Gasteiger partial charge in [0.15, 0.2) is 5.65 Å². The van der Waals surface area contributed by atoms with Crippen LogP contribution in [0.5, 0.6) is 0 Å². The number of halogens is 1. The summed E-state index contributed by atoms with van der Waals surface area (Å²) in [6, 6.07) is 23.2. The van der Waals surface area contributed by atoms with Gasteiger partial charge in [-0.2, -0.15) is 0 Å². The van der Waals surface area contributed by atoms with E-state index < -0.39 is 0 Å². The Kier molecular flexibility index (Phi) is 4.33. The van der Waals surface area contributed by atoms with Crippen LogP contribution in [0.2, 0.25) is 0 Å². The summed E-state index contributed by atoms with van der Waals surface area (Å²) in [5, 5.41) is 2.32. The van der Waals surface area contributed by atoms with Crippen LogP contribution >= 0.6 is 30.3 Å². The summed E-state index contributed by atoms with van der Waals surface area (Å²) in [4.78, 5) is 9.11. The van der Waals surface area contributed by atoms with E-state index in [9.17, 15) is 0 Å². The highest BCUT2D eigenvalue weighted by atomic mass is 127. The Labute approximate surface area is 173 Å². The Bertz CT molecular complexity index is 1260. The SMILES string of the molecule is ISn1cc(-c2ccc3nccc(-c4ccccc4)c3c2)c2cccnc21. The van der Waals surface area contributed by atoms with Gasteiger partial charge in [0, 0.05) is 65.3 Å². The average Bonchev–Trinajstić information content (AvgIpc) is 3.12. The molecule has 0 saturated heterocycles. The topological polar surface area (TPSA) is 30.7 Å².